The summed E-state index contributed by atoms with van der Waals surface area (Å²) in [6.45, 7) is 5.15. The van der Waals surface area contributed by atoms with Crippen molar-refractivity contribution in [2.24, 2.45) is 11.3 Å². The van der Waals surface area contributed by atoms with Crippen LogP contribution in [0.2, 0.25) is 0 Å². The second-order valence-corrected chi connectivity index (χ2v) is 3.57. The molecule has 2 unspecified atom stereocenters. The Bertz CT molecular complexity index is 187. The van der Waals surface area contributed by atoms with Crippen LogP contribution in [0.15, 0.2) is 0 Å². The summed E-state index contributed by atoms with van der Waals surface area (Å²) in [6.07, 6.45) is 2.32. The quantitative estimate of drug-likeness (QED) is 0.562. The Morgan fingerprint density at radius 2 is 2.36 bits per heavy atom. The fourth-order valence-electron chi connectivity index (χ4n) is 1.58. The normalized spacial score (nSPS) is 35.0. The van der Waals surface area contributed by atoms with E-state index in [1.54, 1.807) is 7.11 Å². The fourth-order valence-corrected chi connectivity index (χ4v) is 1.58. The van der Waals surface area contributed by atoms with Gasteiger partial charge in [-0.3, -0.25) is 0 Å². The van der Waals surface area contributed by atoms with Gasteiger partial charge < -0.3 is 4.74 Å². The van der Waals surface area contributed by atoms with Crippen LogP contribution in [0.1, 0.15) is 26.7 Å². The van der Waals surface area contributed by atoms with Crippen LogP contribution in [0.25, 0.3) is 0 Å². The SMILES string of the molecule is CCC1C#CC(C)(COC)C1. The predicted octanol–water partition coefficient (Wildman–Crippen LogP) is 2.07. The highest BCUT2D eigenvalue weighted by atomic mass is 16.5. The maximum absolute atomic E-state index is 5.12. The summed E-state index contributed by atoms with van der Waals surface area (Å²) in [5, 5.41) is 0. The Morgan fingerprint density at radius 1 is 1.64 bits per heavy atom. The van der Waals surface area contributed by atoms with Crippen molar-refractivity contribution in [1.82, 2.24) is 0 Å². The number of hydrogen-bond donors (Lipinski definition) is 0. The molecule has 1 heteroatoms. The van der Waals surface area contributed by atoms with Crippen molar-refractivity contribution in [1.29, 1.82) is 0 Å². The third kappa shape index (κ3) is 1.97. The van der Waals surface area contributed by atoms with Crippen molar-refractivity contribution in [2.45, 2.75) is 26.7 Å². The maximum Gasteiger partial charge on any atom is 0.0626 e. The number of hydrogen-bond acceptors (Lipinski definition) is 1. The molecule has 1 aliphatic carbocycles. The molecule has 0 bridgehead atoms. The standard InChI is InChI=1S/C10H16O/c1-4-9-5-6-10(2,7-9)8-11-3/h9H,4,7-8H2,1-3H3. The van der Waals surface area contributed by atoms with Crippen molar-refractivity contribution in [2.75, 3.05) is 13.7 Å². The van der Waals surface area contributed by atoms with Crippen molar-refractivity contribution in [3.05, 3.63) is 0 Å². The van der Waals surface area contributed by atoms with E-state index in [9.17, 15) is 0 Å². The van der Waals surface area contributed by atoms with E-state index in [0.29, 0.717) is 5.92 Å². The first-order valence-electron chi connectivity index (χ1n) is 4.22. The number of methoxy groups -OCH3 is 1. The van der Waals surface area contributed by atoms with Crippen LogP contribution in [0.3, 0.4) is 0 Å². The topological polar surface area (TPSA) is 9.23 Å². The van der Waals surface area contributed by atoms with Crippen LogP contribution < -0.4 is 0 Å². The lowest BCUT2D eigenvalue weighted by Crippen LogP contribution is -2.19. The van der Waals surface area contributed by atoms with E-state index in [2.05, 4.69) is 25.7 Å². The zero-order valence-electron chi connectivity index (χ0n) is 7.61. The maximum atomic E-state index is 5.12. The second kappa shape index (κ2) is 3.28. The van der Waals surface area contributed by atoms with Crippen LogP contribution in [0.5, 0.6) is 0 Å². The molecule has 0 saturated heterocycles. The first-order chi connectivity index (χ1) is 5.20. The largest absolute Gasteiger partial charge is 0.383 e. The van der Waals surface area contributed by atoms with Gasteiger partial charge in [-0.15, -0.1) is 0 Å². The van der Waals surface area contributed by atoms with Gasteiger partial charge in [0.2, 0.25) is 0 Å². The molecule has 0 heterocycles. The highest BCUT2D eigenvalue weighted by molar-refractivity contribution is 5.20. The minimum absolute atomic E-state index is 0.134. The molecule has 0 radical (unpaired) electrons. The second-order valence-electron chi connectivity index (χ2n) is 3.57. The Balaban J connectivity index is 2.49. The molecule has 0 N–H and O–H groups in total. The molecule has 0 aromatic heterocycles. The van der Waals surface area contributed by atoms with Crippen molar-refractivity contribution in [3.8, 4) is 11.8 Å². The predicted molar refractivity (Wildman–Crippen MR) is 46.2 cm³/mol. The Kier molecular flexibility index (Phi) is 2.57. The van der Waals surface area contributed by atoms with Crippen molar-refractivity contribution < 1.29 is 4.74 Å². The average molecular weight is 152 g/mol. The lowest BCUT2D eigenvalue weighted by atomic mass is 9.87. The van der Waals surface area contributed by atoms with E-state index in [1.165, 1.54) is 6.42 Å². The monoisotopic (exact) mass is 152 g/mol. The summed E-state index contributed by atoms with van der Waals surface area (Å²) in [7, 11) is 1.74. The summed E-state index contributed by atoms with van der Waals surface area (Å²) in [5.74, 6) is 7.12. The van der Waals surface area contributed by atoms with Crippen LogP contribution in [0.4, 0.5) is 0 Å². The minimum Gasteiger partial charge on any atom is -0.383 e. The molecule has 0 aromatic rings. The van der Waals surface area contributed by atoms with E-state index in [-0.39, 0.29) is 5.41 Å². The number of rotatable bonds is 3. The zero-order chi connectivity index (χ0) is 8.32. The van der Waals surface area contributed by atoms with Crippen LogP contribution in [0, 0.1) is 23.2 Å². The summed E-state index contributed by atoms with van der Waals surface area (Å²) in [5.41, 5.74) is 0.134. The smallest absolute Gasteiger partial charge is 0.0626 e. The molecule has 1 aliphatic rings. The van der Waals surface area contributed by atoms with Gasteiger partial charge in [0.15, 0.2) is 0 Å². The molecule has 0 spiro atoms. The summed E-state index contributed by atoms with van der Waals surface area (Å²) >= 11 is 0. The van der Waals surface area contributed by atoms with Gasteiger partial charge in [0, 0.05) is 13.0 Å². The highest BCUT2D eigenvalue weighted by Gasteiger charge is 2.28. The van der Waals surface area contributed by atoms with Crippen molar-refractivity contribution in [3.63, 3.8) is 0 Å². The first kappa shape index (κ1) is 8.62. The minimum atomic E-state index is 0.134. The van der Waals surface area contributed by atoms with Gasteiger partial charge in [-0.25, -0.2) is 0 Å². The van der Waals surface area contributed by atoms with Crippen LogP contribution in [-0.2, 0) is 4.74 Å². The highest BCUT2D eigenvalue weighted by Crippen LogP contribution is 2.31. The zero-order valence-corrected chi connectivity index (χ0v) is 7.61. The molecule has 0 fully saturated rings. The van der Waals surface area contributed by atoms with Gasteiger partial charge in [-0.2, -0.15) is 0 Å². The molecule has 11 heavy (non-hydrogen) atoms. The summed E-state index contributed by atoms with van der Waals surface area (Å²) in [4.78, 5) is 0. The Hall–Kier alpha value is -0.480. The van der Waals surface area contributed by atoms with E-state index in [1.807, 2.05) is 0 Å². The van der Waals surface area contributed by atoms with Crippen molar-refractivity contribution >= 4 is 0 Å². The molecule has 0 amide bonds. The lowest BCUT2D eigenvalue weighted by molar-refractivity contribution is 0.119. The summed E-state index contributed by atoms with van der Waals surface area (Å²) in [6, 6.07) is 0. The molecule has 2 atom stereocenters. The third-order valence-electron chi connectivity index (χ3n) is 2.23. The lowest BCUT2D eigenvalue weighted by Gasteiger charge is -2.20. The fraction of sp³-hybridized carbons (Fsp3) is 0.800. The van der Waals surface area contributed by atoms with E-state index >= 15 is 0 Å². The molecular weight excluding hydrogens is 136 g/mol. The van der Waals surface area contributed by atoms with E-state index in [0.717, 1.165) is 13.0 Å². The van der Waals surface area contributed by atoms with Gasteiger partial charge in [0.25, 0.3) is 0 Å². The molecule has 0 aliphatic heterocycles. The van der Waals surface area contributed by atoms with Gasteiger partial charge in [-0.05, 0) is 19.8 Å². The van der Waals surface area contributed by atoms with Gasteiger partial charge in [-0.1, -0.05) is 18.8 Å². The average Bonchev–Trinajstić information content (AvgIpc) is 2.33. The molecular formula is C10H16O. The third-order valence-corrected chi connectivity index (χ3v) is 2.23. The van der Waals surface area contributed by atoms with Gasteiger partial charge in [0.05, 0.1) is 12.0 Å². The molecule has 0 saturated carbocycles. The first-order valence-corrected chi connectivity index (χ1v) is 4.22. The molecule has 0 aromatic carbocycles. The molecule has 62 valence electrons. The van der Waals surface area contributed by atoms with Crippen LogP contribution in [-0.4, -0.2) is 13.7 Å². The van der Waals surface area contributed by atoms with E-state index < -0.39 is 0 Å². The van der Waals surface area contributed by atoms with E-state index in [4.69, 9.17) is 4.74 Å². The van der Waals surface area contributed by atoms with Gasteiger partial charge >= 0.3 is 0 Å². The molecule has 1 rings (SSSR count). The molecule has 1 nitrogen and oxygen atoms in total. The number of ether oxygens (including phenoxy) is 1. The van der Waals surface area contributed by atoms with Crippen LogP contribution >= 0.6 is 0 Å². The van der Waals surface area contributed by atoms with Gasteiger partial charge in [0.1, 0.15) is 0 Å². The summed E-state index contributed by atoms with van der Waals surface area (Å²) < 4.78 is 5.12. The Labute approximate surface area is 69.1 Å². The Morgan fingerprint density at radius 3 is 2.82 bits per heavy atom.